The zero-order valence-corrected chi connectivity index (χ0v) is 8.95. The van der Waals surface area contributed by atoms with Gasteiger partial charge in [-0.05, 0) is 24.6 Å². The first kappa shape index (κ1) is 11.5. The molecule has 3 nitrogen and oxygen atoms in total. The van der Waals surface area contributed by atoms with Crippen molar-refractivity contribution in [3.8, 4) is 6.07 Å². The van der Waals surface area contributed by atoms with Gasteiger partial charge in [0.25, 0.3) is 0 Å². The van der Waals surface area contributed by atoms with Crippen LogP contribution in [0.15, 0.2) is 29.3 Å². The van der Waals surface area contributed by atoms with Crippen LogP contribution in [-0.2, 0) is 11.2 Å². The molecule has 76 valence electrons. The van der Waals surface area contributed by atoms with Gasteiger partial charge in [-0.1, -0.05) is 23.7 Å². The molecule has 0 aliphatic rings. The fraction of sp³-hybridized carbons (Fsp3) is 0.273. The Morgan fingerprint density at radius 1 is 1.47 bits per heavy atom. The maximum Gasteiger partial charge on any atom is 0.236 e. The molecule has 0 heterocycles. The summed E-state index contributed by atoms with van der Waals surface area (Å²) < 4.78 is 0. The zero-order valence-electron chi connectivity index (χ0n) is 8.20. The van der Waals surface area contributed by atoms with E-state index >= 15 is 0 Å². The van der Waals surface area contributed by atoms with Crippen molar-refractivity contribution in [1.29, 1.82) is 5.26 Å². The average molecular weight is 221 g/mol. The number of aliphatic imine (C=N–C) groups is 1. The van der Waals surface area contributed by atoms with Gasteiger partial charge in [0.2, 0.25) is 6.08 Å². The lowest BCUT2D eigenvalue weighted by Crippen LogP contribution is -2.22. The predicted octanol–water partition coefficient (Wildman–Crippen LogP) is 2.50. The maximum atomic E-state index is 10.2. The number of nitriles is 1. The summed E-state index contributed by atoms with van der Waals surface area (Å²) in [6.07, 6.45) is 1.79. The van der Waals surface area contributed by atoms with E-state index in [1.165, 1.54) is 6.08 Å². The van der Waals surface area contributed by atoms with Gasteiger partial charge < -0.3 is 0 Å². The van der Waals surface area contributed by atoms with Gasteiger partial charge >= 0.3 is 0 Å². The minimum Gasteiger partial charge on any atom is -0.211 e. The van der Waals surface area contributed by atoms with Gasteiger partial charge in [-0.2, -0.15) is 10.3 Å². The van der Waals surface area contributed by atoms with Crippen LogP contribution >= 0.6 is 11.6 Å². The second-order valence-electron chi connectivity index (χ2n) is 3.39. The van der Waals surface area contributed by atoms with Gasteiger partial charge in [-0.3, -0.25) is 0 Å². The molecule has 0 N–H and O–H groups in total. The number of hydrogen-bond donors (Lipinski definition) is 0. The van der Waals surface area contributed by atoms with Crippen LogP contribution in [0.3, 0.4) is 0 Å². The summed E-state index contributed by atoms with van der Waals surface area (Å²) in [5.41, 5.74) is -0.141. The molecule has 0 aliphatic heterocycles. The molecule has 0 saturated heterocycles. The van der Waals surface area contributed by atoms with Gasteiger partial charge in [0.1, 0.15) is 0 Å². The maximum absolute atomic E-state index is 10.2. The molecule has 1 aromatic rings. The second kappa shape index (κ2) is 4.75. The number of carbonyl (C=O) groups excluding carboxylic acids is 1. The first-order chi connectivity index (χ1) is 7.09. The van der Waals surface area contributed by atoms with Gasteiger partial charge in [-0.15, -0.1) is 0 Å². The first-order valence-corrected chi connectivity index (χ1v) is 4.72. The van der Waals surface area contributed by atoms with Crippen molar-refractivity contribution in [2.45, 2.75) is 18.9 Å². The Hall–Kier alpha value is -1.62. The van der Waals surface area contributed by atoms with Crippen molar-refractivity contribution in [3.63, 3.8) is 0 Å². The molecule has 0 aromatic heterocycles. The standard InChI is InChI=1S/C11H9ClN2O/c1-11(7-13,14-8-15)6-9-2-4-10(12)5-3-9/h2-5H,6H2,1H3. The Bertz CT molecular complexity index is 429. The molecule has 0 fully saturated rings. The van der Waals surface area contributed by atoms with Gasteiger partial charge in [0, 0.05) is 11.4 Å². The van der Waals surface area contributed by atoms with Crippen LogP contribution in [0.4, 0.5) is 0 Å². The number of hydrogen-bond acceptors (Lipinski definition) is 3. The summed E-state index contributed by atoms with van der Waals surface area (Å²) in [6.45, 7) is 1.59. The van der Waals surface area contributed by atoms with E-state index in [1.807, 2.05) is 6.07 Å². The van der Waals surface area contributed by atoms with Crippen LogP contribution in [0.1, 0.15) is 12.5 Å². The average Bonchev–Trinajstić information content (AvgIpc) is 2.22. The summed E-state index contributed by atoms with van der Waals surface area (Å²) >= 11 is 5.73. The van der Waals surface area contributed by atoms with Crippen LogP contribution in [0.5, 0.6) is 0 Å². The molecule has 0 saturated carbocycles. The van der Waals surface area contributed by atoms with E-state index in [0.29, 0.717) is 11.4 Å². The summed E-state index contributed by atoms with van der Waals surface area (Å²) in [5.74, 6) is 0. The predicted molar refractivity (Wildman–Crippen MR) is 57.3 cm³/mol. The van der Waals surface area contributed by atoms with Crippen molar-refractivity contribution >= 4 is 17.7 Å². The minimum atomic E-state index is -1.05. The third-order valence-electron chi connectivity index (χ3n) is 1.99. The molecule has 15 heavy (non-hydrogen) atoms. The Morgan fingerprint density at radius 2 is 2.07 bits per heavy atom. The summed E-state index contributed by atoms with van der Waals surface area (Å²) in [5, 5.41) is 9.52. The van der Waals surface area contributed by atoms with Crippen molar-refractivity contribution in [1.82, 2.24) is 0 Å². The number of rotatable bonds is 3. The molecule has 0 radical (unpaired) electrons. The van der Waals surface area contributed by atoms with Crippen molar-refractivity contribution in [2.75, 3.05) is 0 Å². The van der Waals surface area contributed by atoms with E-state index in [0.717, 1.165) is 5.56 Å². The smallest absolute Gasteiger partial charge is 0.211 e. The molecule has 0 aliphatic carbocycles. The van der Waals surface area contributed by atoms with E-state index in [1.54, 1.807) is 31.2 Å². The topological polar surface area (TPSA) is 53.2 Å². The highest BCUT2D eigenvalue weighted by Crippen LogP contribution is 2.18. The normalized spacial score (nSPS) is 13.4. The molecule has 1 unspecified atom stereocenters. The summed E-state index contributed by atoms with van der Waals surface area (Å²) in [4.78, 5) is 13.7. The molecule has 0 spiro atoms. The SMILES string of the molecule is CC(C#N)(Cc1ccc(Cl)cc1)N=C=O. The van der Waals surface area contributed by atoms with Crippen molar-refractivity contribution < 1.29 is 4.79 Å². The molecule has 0 amide bonds. The van der Waals surface area contributed by atoms with Crippen LogP contribution in [0.25, 0.3) is 0 Å². The fourth-order valence-corrected chi connectivity index (χ4v) is 1.33. The molecule has 1 aromatic carbocycles. The van der Waals surface area contributed by atoms with Gasteiger partial charge in [0.05, 0.1) is 6.07 Å². The quantitative estimate of drug-likeness (QED) is 0.581. The molecule has 1 atom stereocenters. The Kier molecular flexibility index (Phi) is 3.62. The summed E-state index contributed by atoms with van der Waals surface area (Å²) in [7, 11) is 0. The molecule has 4 heteroatoms. The van der Waals surface area contributed by atoms with E-state index in [2.05, 4.69) is 4.99 Å². The van der Waals surface area contributed by atoms with E-state index in [4.69, 9.17) is 16.9 Å². The molecule has 1 rings (SSSR count). The Balaban J connectivity index is 2.90. The fourth-order valence-electron chi connectivity index (χ4n) is 1.20. The third-order valence-corrected chi connectivity index (χ3v) is 2.25. The number of halogens is 1. The highest BCUT2D eigenvalue weighted by atomic mass is 35.5. The minimum absolute atomic E-state index is 0.371. The molecule has 0 bridgehead atoms. The summed E-state index contributed by atoms with van der Waals surface area (Å²) in [6, 6.07) is 9.06. The monoisotopic (exact) mass is 220 g/mol. The number of nitrogens with zero attached hydrogens (tertiary/aromatic N) is 2. The van der Waals surface area contributed by atoms with Crippen LogP contribution in [0, 0.1) is 11.3 Å². The highest BCUT2D eigenvalue weighted by molar-refractivity contribution is 6.30. The second-order valence-corrected chi connectivity index (χ2v) is 3.83. The lowest BCUT2D eigenvalue weighted by atomic mass is 9.95. The van der Waals surface area contributed by atoms with Crippen molar-refractivity contribution in [2.24, 2.45) is 4.99 Å². The van der Waals surface area contributed by atoms with Crippen LogP contribution in [0.2, 0.25) is 5.02 Å². The Morgan fingerprint density at radius 3 is 2.53 bits per heavy atom. The highest BCUT2D eigenvalue weighted by Gasteiger charge is 2.23. The van der Waals surface area contributed by atoms with Crippen LogP contribution in [-0.4, -0.2) is 11.6 Å². The third kappa shape index (κ3) is 3.21. The lowest BCUT2D eigenvalue weighted by Gasteiger charge is -2.13. The number of benzene rings is 1. The first-order valence-electron chi connectivity index (χ1n) is 4.34. The van der Waals surface area contributed by atoms with Gasteiger partial charge in [-0.25, -0.2) is 4.79 Å². The number of isocyanates is 1. The van der Waals surface area contributed by atoms with Crippen molar-refractivity contribution in [3.05, 3.63) is 34.9 Å². The largest absolute Gasteiger partial charge is 0.236 e. The molecular formula is C11H9ClN2O. The van der Waals surface area contributed by atoms with E-state index in [-0.39, 0.29) is 0 Å². The lowest BCUT2D eigenvalue weighted by molar-refractivity contribution is 0.541. The zero-order chi connectivity index (χ0) is 11.3. The van der Waals surface area contributed by atoms with E-state index < -0.39 is 5.54 Å². The van der Waals surface area contributed by atoms with E-state index in [9.17, 15) is 4.79 Å². The Labute approximate surface area is 93.0 Å². The molecular weight excluding hydrogens is 212 g/mol. The van der Waals surface area contributed by atoms with Gasteiger partial charge in [0.15, 0.2) is 5.54 Å². The van der Waals surface area contributed by atoms with Crippen LogP contribution < -0.4 is 0 Å².